The van der Waals surface area contributed by atoms with Gasteiger partial charge in [-0.05, 0) is 44.0 Å². The first-order valence-corrected chi connectivity index (χ1v) is 10.7. The Morgan fingerprint density at radius 3 is 2.78 bits per heavy atom. The van der Waals surface area contributed by atoms with E-state index in [2.05, 4.69) is 10.1 Å². The van der Waals surface area contributed by atoms with Crippen molar-refractivity contribution in [2.45, 2.75) is 45.6 Å². The number of halogens is 2. The van der Waals surface area contributed by atoms with Gasteiger partial charge in [-0.25, -0.2) is 23.1 Å². The van der Waals surface area contributed by atoms with E-state index in [0.29, 0.717) is 30.9 Å². The normalized spacial score (nSPS) is 16.0. The molecule has 168 valence electrons. The van der Waals surface area contributed by atoms with Crippen LogP contribution in [0.25, 0.3) is 5.65 Å². The molecular formula is C23H24F2N4O3. The number of fused-ring (bicyclic) bond motifs is 1. The Labute approximate surface area is 184 Å². The van der Waals surface area contributed by atoms with Crippen molar-refractivity contribution >= 4 is 23.2 Å². The van der Waals surface area contributed by atoms with Gasteiger partial charge in [-0.3, -0.25) is 4.79 Å². The predicted octanol–water partition coefficient (Wildman–Crippen LogP) is 4.05. The molecule has 1 unspecified atom stereocenters. The number of ketones is 1. The van der Waals surface area contributed by atoms with Crippen molar-refractivity contribution < 1.29 is 23.1 Å². The number of hydrogen-bond donors (Lipinski definition) is 0. The van der Waals surface area contributed by atoms with E-state index in [4.69, 9.17) is 4.74 Å². The Balaban J connectivity index is 1.78. The van der Waals surface area contributed by atoms with Crippen LogP contribution in [0.2, 0.25) is 0 Å². The molecule has 0 bridgehead atoms. The summed E-state index contributed by atoms with van der Waals surface area (Å²) in [5.41, 5.74) is 1.01. The van der Waals surface area contributed by atoms with Crippen LogP contribution in [0.4, 0.5) is 14.6 Å². The second-order valence-electron chi connectivity index (χ2n) is 7.68. The van der Waals surface area contributed by atoms with E-state index >= 15 is 0 Å². The van der Waals surface area contributed by atoms with Gasteiger partial charge in [0.1, 0.15) is 28.8 Å². The summed E-state index contributed by atoms with van der Waals surface area (Å²) < 4.78 is 34.9. The second kappa shape index (κ2) is 9.02. The Morgan fingerprint density at radius 2 is 2.03 bits per heavy atom. The fourth-order valence-corrected chi connectivity index (χ4v) is 4.11. The Kier molecular flexibility index (Phi) is 6.16. The highest BCUT2D eigenvalue weighted by Crippen LogP contribution is 2.37. The summed E-state index contributed by atoms with van der Waals surface area (Å²) in [6.07, 6.45) is 3.41. The van der Waals surface area contributed by atoms with Gasteiger partial charge in [-0.2, -0.15) is 5.10 Å². The van der Waals surface area contributed by atoms with Crippen molar-refractivity contribution in [3.63, 3.8) is 0 Å². The summed E-state index contributed by atoms with van der Waals surface area (Å²) in [5, 5.41) is 4.38. The van der Waals surface area contributed by atoms with Gasteiger partial charge in [0.2, 0.25) is 0 Å². The van der Waals surface area contributed by atoms with E-state index in [1.165, 1.54) is 10.6 Å². The van der Waals surface area contributed by atoms with Gasteiger partial charge in [0.25, 0.3) is 0 Å². The van der Waals surface area contributed by atoms with Crippen molar-refractivity contribution in [1.29, 1.82) is 0 Å². The minimum Gasteiger partial charge on any atom is -0.462 e. The van der Waals surface area contributed by atoms with Crippen LogP contribution in [0, 0.1) is 11.6 Å². The third-order valence-corrected chi connectivity index (χ3v) is 5.65. The summed E-state index contributed by atoms with van der Waals surface area (Å²) >= 11 is 0. The lowest BCUT2D eigenvalue weighted by Gasteiger charge is -2.26. The van der Waals surface area contributed by atoms with Crippen LogP contribution in [-0.4, -0.2) is 39.5 Å². The SMILES string of the molecule is CCOC(=O)c1c(CC(=O)CC)nn2ccc(N3CCCC3c3cc(F)ccc3F)nc12. The van der Waals surface area contributed by atoms with Crippen molar-refractivity contribution in [2.24, 2.45) is 0 Å². The smallest absolute Gasteiger partial charge is 0.343 e. The van der Waals surface area contributed by atoms with Crippen LogP contribution in [0.5, 0.6) is 0 Å². The average Bonchev–Trinajstić information content (AvgIpc) is 3.39. The maximum Gasteiger partial charge on any atom is 0.343 e. The first-order chi connectivity index (χ1) is 15.4. The first kappa shape index (κ1) is 21.9. The summed E-state index contributed by atoms with van der Waals surface area (Å²) in [7, 11) is 0. The van der Waals surface area contributed by atoms with Gasteiger partial charge in [0, 0.05) is 24.7 Å². The fraction of sp³-hybridized carbons (Fsp3) is 0.391. The molecule has 3 aromatic rings. The van der Waals surface area contributed by atoms with Gasteiger partial charge in [-0.1, -0.05) is 6.92 Å². The molecule has 1 aliphatic rings. The van der Waals surface area contributed by atoms with E-state index in [0.717, 1.165) is 18.6 Å². The van der Waals surface area contributed by atoms with E-state index in [9.17, 15) is 18.4 Å². The summed E-state index contributed by atoms with van der Waals surface area (Å²) in [5.74, 6) is -1.10. The van der Waals surface area contributed by atoms with E-state index < -0.39 is 17.6 Å². The Morgan fingerprint density at radius 1 is 1.22 bits per heavy atom. The van der Waals surface area contributed by atoms with Gasteiger partial charge in [0.15, 0.2) is 5.65 Å². The molecule has 1 saturated heterocycles. The molecule has 0 saturated carbocycles. The highest BCUT2D eigenvalue weighted by atomic mass is 19.1. The van der Waals surface area contributed by atoms with Crippen molar-refractivity contribution in [3.8, 4) is 0 Å². The number of carbonyl (C=O) groups is 2. The topological polar surface area (TPSA) is 76.8 Å². The molecule has 1 aliphatic heterocycles. The maximum atomic E-state index is 14.5. The lowest BCUT2D eigenvalue weighted by atomic mass is 10.0. The monoisotopic (exact) mass is 442 g/mol. The number of anilines is 1. The molecule has 0 N–H and O–H groups in total. The average molecular weight is 442 g/mol. The van der Waals surface area contributed by atoms with Crippen LogP contribution in [0.15, 0.2) is 30.5 Å². The molecule has 7 nitrogen and oxygen atoms in total. The number of nitrogens with zero attached hydrogens (tertiary/aromatic N) is 4. The number of rotatable bonds is 7. The van der Waals surface area contributed by atoms with Crippen molar-refractivity contribution in [2.75, 3.05) is 18.1 Å². The number of esters is 1. The zero-order valence-electron chi connectivity index (χ0n) is 18.0. The molecule has 3 heterocycles. The van der Waals surface area contributed by atoms with Crippen LogP contribution >= 0.6 is 0 Å². The first-order valence-electron chi connectivity index (χ1n) is 10.7. The number of Topliss-reactive ketones (excluding diaryl/α,β-unsaturated/α-hetero) is 1. The minimum absolute atomic E-state index is 0.00415. The number of carbonyl (C=O) groups excluding carboxylic acids is 2. The van der Waals surface area contributed by atoms with Gasteiger partial charge >= 0.3 is 5.97 Å². The lowest BCUT2D eigenvalue weighted by Crippen LogP contribution is -2.24. The van der Waals surface area contributed by atoms with E-state index in [1.807, 2.05) is 4.90 Å². The zero-order chi connectivity index (χ0) is 22.8. The molecule has 1 fully saturated rings. The van der Waals surface area contributed by atoms with Crippen molar-refractivity contribution in [1.82, 2.24) is 14.6 Å². The van der Waals surface area contributed by atoms with Crippen LogP contribution in [-0.2, 0) is 16.0 Å². The second-order valence-corrected chi connectivity index (χ2v) is 7.68. The molecule has 0 aliphatic carbocycles. The largest absolute Gasteiger partial charge is 0.462 e. The molecule has 2 aromatic heterocycles. The fourth-order valence-electron chi connectivity index (χ4n) is 4.11. The highest BCUT2D eigenvalue weighted by molar-refractivity contribution is 5.98. The standard InChI is InChI=1S/C23H24F2N4O3/c1-3-15(30)13-18-21(23(31)32-4-2)22-26-20(9-11-29(22)27-18)28-10-5-6-19(28)16-12-14(24)7-8-17(16)25/h7-9,11-12,19H,3-6,10,13H2,1-2H3. The Bertz CT molecular complexity index is 1180. The molecule has 0 spiro atoms. The molecule has 32 heavy (non-hydrogen) atoms. The maximum absolute atomic E-state index is 14.5. The van der Waals surface area contributed by atoms with Crippen LogP contribution in [0.3, 0.4) is 0 Å². The minimum atomic E-state index is -0.597. The van der Waals surface area contributed by atoms with Crippen LogP contribution in [0.1, 0.15) is 60.8 Å². The van der Waals surface area contributed by atoms with Gasteiger partial charge in [-0.15, -0.1) is 0 Å². The molecular weight excluding hydrogens is 418 g/mol. The summed E-state index contributed by atoms with van der Waals surface area (Å²) in [6, 6.07) is 4.78. The molecule has 1 atom stereocenters. The van der Waals surface area contributed by atoms with E-state index in [-0.39, 0.29) is 41.6 Å². The zero-order valence-corrected chi connectivity index (χ0v) is 18.0. The van der Waals surface area contributed by atoms with Crippen LogP contribution < -0.4 is 4.90 Å². The van der Waals surface area contributed by atoms with Gasteiger partial charge < -0.3 is 9.64 Å². The molecule has 9 heteroatoms. The molecule has 4 rings (SSSR count). The van der Waals surface area contributed by atoms with E-state index in [1.54, 1.807) is 26.1 Å². The number of aromatic nitrogens is 3. The predicted molar refractivity (Wildman–Crippen MR) is 114 cm³/mol. The van der Waals surface area contributed by atoms with Crippen molar-refractivity contribution in [3.05, 3.63) is 58.9 Å². The molecule has 1 aromatic carbocycles. The Hall–Kier alpha value is -3.36. The third-order valence-electron chi connectivity index (χ3n) is 5.65. The summed E-state index contributed by atoms with van der Waals surface area (Å²) in [6.45, 7) is 4.22. The number of hydrogen-bond acceptors (Lipinski definition) is 6. The number of benzene rings is 1. The lowest BCUT2D eigenvalue weighted by molar-refractivity contribution is -0.118. The molecule has 0 amide bonds. The number of ether oxygens (including phenoxy) is 1. The highest BCUT2D eigenvalue weighted by Gasteiger charge is 2.31. The third kappa shape index (κ3) is 4.06. The van der Waals surface area contributed by atoms with Gasteiger partial charge in [0.05, 0.1) is 24.8 Å². The molecule has 0 radical (unpaired) electrons. The quantitative estimate of drug-likeness (QED) is 0.514. The summed E-state index contributed by atoms with van der Waals surface area (Å²) in [4.78, 5) is 31.2.